The zero-order valence-electron chi connectivity index (χ0n) is 14.6. The second-order valence-electron chi connectivity index (χ2n) is 6.15. The summed E-state index contributed by atoms with van der Waals surface area (Å²) < 4.78 is 0. The summed E-state index contributed by atoms with van der Waals surface area (Å²) in [5.74, 6) is -0.106. The molecule has 4 nitrogen and oxygen atoms in total. The summed E-state index contributed by atoms with van der Waals surface area (Å²) in [4.78, 5) is 23.2. The fourth-order valence-electron chi connectivity index (χ4n) is 2.69. The van der Waals surface area contributed by atoms with Gasteiger partial charge in [-0.2, -0.15) is 5.10 Å². The predicted molar refractivity (Wildman–Crippen MR) is 104 cm³/mol. The molecular formula is C22H20N2O2. The first kappa shape index (κ1) is 17.5. The van der Waals surface area contributed by atoms with Gasteiger partial charge in [0, 0.05) is 12.0 Å². The molecule has 0 aliphatic rings. The van der Waals surface area contributed by atoms with Crippen LogP contribution in [0.3, 0.4) is 0 Å². The molecule has 130 valence electrons. The summed E-state index contributed by atoms with van der Waals surface area (Å²) in [5, 5.41) is 6.34. The van der Waals surface area contributed by atoms with Gasteiger partial charge in [0.15, 0.2) is 5.78 Å². The molecule has 0 saturated heterocycles. The number of nitrogens with zero attached hydrogens (tertiary/aromatic N) is 1. The molecule has 0 aromatic heterocycles. The number of benzene rings is 3. The normalized spacial score (nSPS) is 11.0. The number of amides is 1. The smallest absolute Gasteiger partial charge is 0.240 e. The molecule has 3 aromatic carbocycles. The predicted octanol–water partition coefficient (Wildman–Crippen LogP) is 4.13. The van der Waals surface area contributed by atoms with E-state index in [2.05, 4.69) is 40.9 Å². The molecular weight excluding hydrogens is 324 g/mol. The summed E-state index contributed by atoms with van der Waals surface area (Å²) in [6.07, 6.45) is 2.61. The zero-order valence-corrected chi connectivity index (χ0v) is 14.6. The lowest BCUT2D eigenvalue weighted by Crippen LogP contribution is -2.17. The number of rotatable bonds is 6. The monoisotopic (exact) mass is 344 g/mol. The van der Waals surface area contributed by atoms with Gasteiger partial charge in [-0.25, -0.2) is 5.43 Å². The third-order valence-electron chi connectivity index (χ3n) is 4.17. The Morgan fingerprint density at radius 1 is 0.962 bits per heavy atom. The van der Waals surface area contributed by atoms with E-state index < -0.39 is 0 Å². The second-order valence-corrected chi connectivity index (χ2v) is 6.15. The van der Waals surface area contributed by atoms with Gasteiger partial charge in [-0.15, -0.1) is 0 Å². The van der Waals surface area contributed by atoms with Crippen molar-refractivity contribution in [1.29, 1.82) is 0 Å². The van der Waals surface area contributed by atoms with Crippen LogP contribution in [0.4, 0.5) is 0 Å². The molecule has 0 radical (unpaired) electrons. The van der Waals surface area contributed by atoms with E-state index in [0.29, 0.717) is 18.4 Å². The van der Waals surface area contributed by atoms with Crippen molar-refractivity contribution in [3.63, 3.8) is 0 Å². The fraction of sp³-hybridized carbons (Fsp3) is 0.136. The Kier molecular flexibility index (Phi) is 5.54. The van der Waals surface area contributed by atoms with Crippen LogP contribution >= 0.6 is 0 Å². The lowest BCUT2D eigenvalue weighted by Gasteiger charge is -2.03. The summed E-state index contributed by atoms with van der Waals surface area (Å²) in [7, 11) is 0. The first-order valence-electron chi connectivity index (χ1n) is 8.52. The maximum atomic E-state index is 11.9. The maximum absolute atomic E-state index is 11.9. The van der Waals surface area contributed by atoms with E-state index in [1.54, 1.807) is 30.5 Å². The highest BCUT2D eigenvalue weighted by Gasteiger charge is 2.02. The van der Waals surface area contributed by atoms with Crippen molar-refractivity contribution in [1.82, 2.24) is 5.43 Å². The molecule has 0 saturated carbocycles. The van der Waals surface area contributed by atoms with Crippen LogP contribution in [0.25, 0.3) is 10.8 Å². The number of carbonyl (C=O) groups is 2. The van der Waals surface area contributed by atoms with E-state index in [1.807, 2.05) is 12.1 Å². The van der Waals surface area contributed by atoms with Crippen LogP contribution < -0.4 is 5.43 Å². The average molecular weight is 344 g/mol. The fourth-order valence-corrected chi connectivity index (χ4v) is 2.69. The number of hydrogen-bond acceptors (Lipinski definition) is 3. The summed E-state index contributed by atoms with van der Waals surface area (Å²) in [5.41, 5.74) is 5.15. The number of carbonyl (C=O) groups excluding carboxylic acids is 2. The first-order valence-corrected chi connectivity index (χ1v) is 8.52. The summed E-state index contributed by atoms with van der Waals surface area (Å²) in [6, 6.07) is 21.5. The highest BCUT2D eigenvalue weighted by molar-refractivity contribution is 5.95. The Morgan fingerprint density at radius 3 is 2.42 bits per heavy atom. The lowest BCUT2D eigenvalue weighted by molar-refractivity contribution is -0.121. The van der Waals surface area contributed by atoms with Crippen LogP contribution in [-0.2, 0) is 11.2 Å². The van der Waals surface area contributed by atoms with E-state index in [1.165, 1.54) is 17.7 Å². The lowest BCUT2D eigenvalue weighted by atomic mass is 10.0. The van der Waals surface area contributed by atoms with Crippen molar-refractivity contribution in [2.75, 3.05) is 0 Å². The standard InChI is InChI=1S/C22H20N2O2/c1-16(25)19-10-7-18(8-11-19)15-23-24-22(26)13-9-17-6-12-20-4-2-3-5-21(20)14-17/h2-8,10-12,14-15H,9,13H2,1H3,(H,24,26)/b23-15-. The summed E-state index contributed by atoms with van der Waals surface area (Å²) >= 11 is 0. The topological polar surface area (TPSA) is 58.5 Å². The highest BCUT2D eigenvalue weighted by atomic mass is 16.2. The van der Waals surface area contributed by atoms with Crippen molar-refractivity contribution in [3.05, 3.63) is 83.4 Å². The third-order valence-corrected chi connectivity index (χ3v) is 4.17. The number of nitrogens with one attached hydrogen (secondary N) is 1. The third kappa shape index (κ3) is 4.63. The van der Waals surface area contributed by atoms with Crippen LogP contribution in [0.1, 0.15) is 34.8 Å². The van der Waals surface area contributed by atoms with E-state index in [0.717, 1.165) is 11.1 Å². The van der Waals surface area contributed by atoms with E-state index >= 15 is 0 Å². The molecule has 0 spiro atoms. The first-order chi connectivity index (χ1) is 12.6. The molecule has 0 bridgehead atoms. The molecule has 1 amide bonds. The maximum Gasteiger partial charge on any atom is 0.240 e. The summed E-state index contributed by atoms with van der Waals surface area (Å²) in [6.45, 7) is 1.53. The van der Waals surface area contributed by atoms with Crippen LogP contribution in [0, 0.1) is 0 Å². The van der Waals surface area contributed by atoms with Crippen LogP contribution in [0.15, 0.2) is 71.8 Å². The molecule has 4 heteroatoms. The number of ketones is 1. The van der Waals surface area contributed by atoms with Gasteiger partial charge in [0.25, 0.3) is 0 Å². The molecule has 0 unspecified atom stereocenters. The Balaban J connectivity index is 1.51. The number of Topliss-reactive ketones (excluding diaryl/α,β-unsaturated/α-hetero) is 1. The molecule has 26 heavy (non-hydrogen) atoms. The van der Waals surface area contributed by atoms with Crippen LogP contribution in [0.5, 0.6) is 0 Å². The van der Waals surface area contributed by atoms with Gasteiger partial charge in [0.1, 0.15) is 0 Å². The molecule has 0 atom stereocenters. The molecule has 0 aliphatic carbocycles. The number of aryl methyl sites for hydroxylation is 1. The molecule has 0 aliphatic heterocycles. The van der Waals surface area contributed by atoms with E-state index in [9.17, 15) is 9.59 Å². The van der Waals surface area contributed by atoms with Gasteiger partial charge in [0.05, 0.1) is 6.21 Å². The highest BCUT2D eigenvalue weighted by Crippen LogP contribution is 2.16. The van der Waals surface area contributed by atoms with Crippen molar-refractivity contribution in [2.45, 2.75) is 19.8 Å². The minimum absolute atomic E-state index is 0.0236. The zero-order chi connectivity index (χ0) is 18.4. The number of hydrogen-bond donors (Lipinski definition) is 1. The van der Waals surface area contributed by atoms with Crippen LogP contribution in [-0.4, -0.2) is 17.9 Å². The van der Waals surface area contributed by atoms with Gasteiger partial charge in [-0.05, 0) is 35.2 Å². The van der Waals surface area contributed by atoms with Crippen molar-refractivity contribution < 1.29 is 9.59 Å². The van der Waals surface area contributed by atoms with Crippen molar-refractivity contribution >= 4 is 28.7 Å². The number of fused-ring (bicyclic) bond motifs is 1. The van der Waals surface area contributed by atoms with Gasteiger partial charge >= 0.3 is 0 Å². The average Bonchev–Trinajstić information content (AvgIpc) is 2.66. The minimum Gasteiger partial charge on any atom is -0.295 e. The molecule has 0 fully saturated rings. The van der Waals surface area contributed by atoms with Crippen molar-refractivity contribution in [3.8, 4) is 0 Å². The molecule has 3 rings (SSSR count). The van der Waals surface area contributed by atoms with Gasteiger partial charge < -0.3 is 0 Å². The minimum atomic E-state index is -0.130. The molecule has 3 aromatic rings. The van der Waals surface area contributed by atoms with E-state index in [-0.39, 0.29) is 11.7 Å². The van der Waals surface area contributed by atoms with Gasteiger partial charge in [0.2, 0.25) is 5.91 Å². The number of hydrazone groups is 1. The second kappa shape index (κ2) is 8.21. The molecule has 0 heterocycles. The van der Waals surface area contributed by atoms with Crippen molar-refractivity contribution in [2.24, 2.45) is 5.10 Å². The largest absolute Gasteiger partial charge is 0.295 e. The Labute approximate surface area is 152 Å². The van der Waals surface area contributed by atoms with Crippen LogP contribution in [0.2, 0.25) is 0 Å². The Hall–Kier alpha value is -3.27. The van der Waals surface area contributed by atoms with E-state index in [4.69, 9.17) is 0 Å². The van der Waals surface area contributed by atoms with Gasteiger partial charge in [-0.3, -0.25) is 9.59 Å². The van der Waals surface area contributed by atoms with Gasteiger partial charge in [-0.1, -0.05) is 66.7 Å². The molecule has 1 N–H and O–H groups in total. The Morgan fingerprint density at radius 2 is 1.69 bits per heavy atom. The quantitative estimate of drug-likeness (QED) is 0.415. The Bertz CT molecular complexity index is 959. The SMILES string of the molecule is CC(=O)c1ccc(/C=N\NC(=O)CCc2ccc3ccccc3c2)cc1.